The molecule has 3 heteroatoms. The molecule has 0 fully saturated rings. The van der Waals surface area contributed by atoms with E-state index in [4.69, 9.17) is 9.47 Å². The molecule has 1 aliphatic carbocycles. The molecule has 1 aromatic rings. The van der Waals surface area contributed by atoms with Crippen LogP contribution < -0.4 is 4.74 Å². The first-order chi connectivity index (χ1) is 7.81. The number of aryl methyl sites for hydroxylation is 1. The summed E-state index contributed by atoms with van der Waals surface area (Å²) in [6.45, 7) is 2.78. The highest BCUT2D eigenvalue weighted by Gasteiger charge is 2.17. The minimum Gasteiger partial charge on any atom is -0.468 e. The van der Waals surface area contributed by atoms with Gasteiger partial charge in [-0.3, -0.25) is 4.79 Å². The van der Waals surface area contributed by atoms with Crippen molar-refractivity contribution in [3.8, 4) is 5.75 Å². The number of hydrogen-bond acceptors (Lipinski definition) is 3. The molecule has 0 saturated carbocycles. The zero-order valence-electron chi connectivity index (χ0n) is 9.49. The Balaban J connectivity index is 2.11. The fourth-order valence-electron chi connectivity index (χ4n) is 1.89. The van der Waals surface area contributed by atoms with Crippen molar-refractivity contribution < 1.29 is 14.3 Å². The molecule has 0 heterocycles. The highest BCUT2D eigenvalue weighted by atomic mass is 16.7. The minimum absolute atomic E-state index is 0.225. The van der Waals surface area contributed by atoms with Gasteiger partial charge in [0.05, 0.1) is 0 Å². The number of Topliss-reactive ketones (excluding diaryl/α,β-unsaturated/α-hetero) is 1. The van der Waals surface area contributed by atoms with E-state index in [-0.39, 0.29) is 12.6 Å². The molecular weight excluding hydrogens is 204 g/mol. The van der Waals surface area contributed by atoms with Crippen LogP contribution in [0.2, 0.25) is 0 Å². The molecule has 3 nitrogen and oxygen atoms in total. The summed E-state index contributed by atoms with van der Waals surface area (Å²) in [4.78, 5) is 11.7. The first-order valence-electron chi connectivity index (χ1n) is 5.68. The molecule has 0 radical (unpaired) electrons. The van der Waals surface area contributed by atoms with Gasteiger partial charge in [-0.15, -0.1) is 0 Å². The van der Waals surface area contributed by atoms with Crippen LogP contribution in [0.25, 0.3) is 0 Å². The summed E-state index contributed by atoms with van der Waals surface area (Å²) in [5, 5.41) is 0. The lowest BCUT2D eigenvalue weighted by atomic mass is 9.91. The number of benzene rings is 1. The second-order valence-corrected chi connectivity index (χ2v) is 3.85. The lowest BCUT2D eigenvalue weighted by molar-refractivity contribution is 0.0223. The maximum Gasteiger partial charge on any atom is 0.189 e. The number of ether oxygens (including phenoxy) is 2. The lowest BCUT2D eigenvalue weighted by Crippen LogP contribution is -2.11. The van der Waals surface area contributed by atoms with Crippen molar-refractivity contribution in [2.24, 2.45) is 0 Å². The molecule has 0 aliphatic heterocycles. The Hall–Kier alpha value is -1.35. The molecule has 0 unspecified atom stereocenters. The molecule has 0 spiro atoms. The minimum atomic E-state index is 0.225. The first-order valence-corrected chi connectivity index (χ1v) is 5.68. The van der Waals surface area contributed by atoms with E-state index >= 15 is 0 Å². The van der Waals surface area contributed by atoms with Crippen molar-refractivity contribution in [3.05, 3.63) is 29.3 Å². The van der Waals surface area contributed by atoms with Gasteiger partial charge in [0.2, 0.25) is 0 Å². The molecule has 0 amide bonds. The van der Waals surface area contributed by atoms with Crippen LogP contribution in [0.15, 0.2) is 18.2 Å². The van der Waals surface area contributed by atoms with Crippen molar-refractivity contribution in [1.82, 2.24) is 0 Å². The zero-order valence-corrected chi connectivity index (χ0v) is 9.49. The molecule has 0 N–H and O–H groups in total. The van der Waals surface area contributed by atoms with Gasteiger partial charge in [0, 0.05) is 18.6 Å². The fourth-order valence-corrected chi connectivity index (χ4v) is 1.89. The Labute approximate surface area is 95.4 Å². The number of ketones is 1. The summed E-state index contributed by atoms with van der Waals surface area (Å²) < 4.78 is 10.5. The SMILES string of the molecule is CCOCOc1ccc2c(c1)C(=O)CCC2. The summed E-state index contributed by atoms with van der Waals surface area (Å²) in [6, 6.07) is 5.71. The number of carbonyl (C=O) groups is 1. The molecule has 1 aliphatic rings. The van der Waals surface area contributed by atoms with Crippen molar-refractivity contribution in [1.29, 1.82) is 0 Å². The molecule has 86 valence electrons. The van der Waals surface area contributed by atoms with E-state index in [1.165, 1.54) is 0 Å². The second-order valence-electron chi connectivity index (χ2n) is 3.85. The van der Waals surface area contributed by atoms with Crippen LogP contribution in [0.5, 0.6) is 5.75 Å². The second kappa shape index (κ2) is 5.12. The molecule has 2 rings (SSSR count). The maximum atomic E-state index is 11.7. The van der Waals surface area contributed by atoms with Crippen LogP contribution in [0.1, 0.15) is 35.7 Å². The summed E-state index contributed by atoms with van der Waals surface area (Å²) >= 11 is 0. The largest absolute Gasteiger partial charge is 0.468 e. The topological polar surface area (TPSA) is 35.5 Å². The van der Waals surface area contributed by atoms with E-state index in [1.807, 2.05) is 25.1 Å². The van der Waals surface area contributed by atoms with E-state index in [1.54, 1.807) is 0 Å². The van der Waals surface area contributed by atoms with Crippen LogP contribution in [0.4, 0.5) is 0 Å². The summed E-state index contributed by atoms with van der Waals surface area (Å²) in [5.41, 5.74) is 1.96. The summed E-state index contributed by atoms with van der Waals surface area (Å²) in [6.07, 6.45) is 2.61. The third-order valence-corrected chi connectivity index (χ3v) is 2.74. The zero-order chi connectivity index (χ0) is 11.4. The molecule has 0 atom stereocenters. The number of hydrogen-bond donors (Lipinski definition) is 0. The summed E-state index contributed by atoms with van der Waals surface area (Å²) in [5.74, 6) is 0.936. The first kappa shape index (κ1) is 11.1. The van der Waals surface area contributed by atoms with Crippen molar-refractivity contribution in [3.63, 3.8) is 0 Å². The standard InChI is InChI=1S/C13H16O3/c1-2-15-9-16-11-7-6-10-4-3-5-13(14)12(10)8-11/h6-8H,2-5,9H2,1H3. The van der Waals surface area contributed by atoms with Gasteiger partial charge in [-0.2, -0.15) is 0 Å². The predicted octanol–water partition coefficient (Wildman–Crippen LogP) is 2.58. The lowest BCUT2D eigenvalue weighted by Gasteiger charge is -2.15. The van der Waals surface area contributed by atoms with E-state index in [2.05, 4.69) is 0 Å². The van der Waals surface area contributed by atoms with Crippen LogP contribution in [0, 0.1) is 0 Å². The number of rotatable bonds is 4. The van der Waals surface area contributed by atoms with E-state index < -0.39 is 0 Å². The van der Waals surface area contributed by atoms with Crippen molar-refractivity contribution in [2.75, 3.05) is 13.4 Å². The predicted molar refractivity (Wildman–Crippen MR) is 60.8 cm³/mol. The average Bonchev–Trinajstić information content (AvgIpc) is 2.30. The monoisotopic (exact) mass is 220 g/mol. The third-order valence-electron chi connectivity index (χ3n) is 2.74. The van der Waals surface area contributed by atoms with E-state index in [0.717, 1.165) is 24.0 Å². The van der Waals surface area contributed by atoms with Crippen LogP contribution in [-0.2, 0) is 11.2 Å². The van der Waals surface area contributed by atoms with Gasteiger partial charge in [-0.05, 0) is 37.5 Å². The maximum absolute atomic E-state index is 11.7. The van der Waals surface area contributed by atoms with Crippen molar-refractivity contribution in [2.45, 2.75) is 26.2 Å². The quantitative estimate of drug-likeness (QED) is 0.578. The molecule has 0 bridgehead atoms. The molecule has 16 heavy (non-hydrogen) atoms. The normalized spacial score (nSPS) is 14.7. The highest BCUT2D eigenvalue weighted by molar-refractivity contribution is 5.98. The average molecular weight is 220 g/mol. The molecular formula is C13H16O3. The van der Waals surface area contributed by atoms with Gasteiger partial charge in [0.25, 0.3) is 0 Å². The van der Waals surface area contributed by atoms with Gasteiger partial charge < -0.3 is 9.47 Å². The number of fused-ring (bicyclic) bond motifs is 1. The summed E-state index contributed by atoms with van der Waals surface area (Å²) in [7, 11) is 0. The van der Waals surface area contributed by atoms with E-state index in [9.17, 15) is 4.79 Å². The Bertz CT molecular complexity index is 385. The van der Waals surface area contributed by atoms with Crippen LogP contribution in [-0.4, -0.2) is 19.2 Å². The Morgan fingerprint density at radius 3 is 3.00 bits per heavy atom. The van der Waals surface area contributed by atoms with Gasteiger partial charge in [0.1, 0.15) is 5.75 Å². The van der Waals surface area contributed by atoms with Crippen LogP contribution in [0.3, 0.4) is 0 Å². The Morgan fingerprint density at radius 2 is 2.19 bits per heavy atom. The Morgan fingerprint density at radius 1 is 1.31 bits per heavy atom. The van der Waals surface area contributed by atoms with Gasteiger partial charge >= 0.3 is 0 Å². The molecule has 0 saturated heterocycles. The fraction of sp³-hybridized carbons (Fsp3) is 0.462. The smallest absolute Gasteiger partial charge is 0.189 e. The third kappa shape index (κ3) is 2.42. The van der Waals surface area contributed by atoms with Gasteiger partial charge in [-0.1, -0.05) is 6.07 Å². The highest BCUT2D eigenvalue weighted by Crippen LogP contribution is 2.25. The molecule has 0 aromatic heterocycles. The Kier molecular flexibility index (Phi) is 3.57. The molecule has 1 aromatic carbocycles. The van der Waals surface area contributed by atoms with Crippen LogP contribution >= 0.6 is 0 Å². The van der Waals surface area contributed by atoms with Gasteiger partial charge in [0.15, 0.2) is 12.6 Å². The van der Waals surface area contributed by atoms with Crippen molar-refractivity contribution >= 4 is 5.78 Å². The van der Waals surface area contributed by atoms with E-state index in [0.29, 0.717) is 18.8 Å². The number of carbonyl (C=O) groups excluding carboxylic acids is 1. The van der Waals surface area contributed by atoms with Gasteiger partial charge in [-0.25, -0.2) is 0 Å².